The number of aromatic nitrogens is 1. The molecule has 0 saturated heterocycles. The van der Waals surface area contributed by atoms with Gasteiger partial charge >= 0.3 is 0 Å². The van der Waals surface area contributed by atoms with Gasteiger partial charge in [-0.15, -0.1) is 0 Å². The summed E-state index contributed by atoms with van der Waals surface area (Å²) >= 11 is 0. The van der Waals surface area contributed by atoms with Crippen LogP contribution in [0.3, 0.4) is 0 Å². The van der Waals surface area contributed by atoms with Crippen molar-refractivity contribution in [3.63, 3.8) is 0 Å². The number of aryl methyl sites for hydroxylation is 1. The lowest BCUT2D eigenvalue weighted by atomic mass is 10.00. The number of hydrogen-bond donors (Lipinski definition) is 2. The molecule has 25 heavy (non-hydrogen) atoms. The van der Waals surface area contributed by atoms with Crippen molar-refractivity contribution in [3.8, 4) is 0 Å². The number of benzene rings is 2. The Hall–Kier alpha value is -2.59. The van der Waals surface area contributed by atoms with Gasteiger partial charge in [-0.25, -0.2) is 0 Å². The van der Waals surface area contributed by atoms with Crippen molar-refractivity contribution in [1.82, 2.24) is 9.88 Å². The van der Waals surface area contributed by atoms with Crippen molar-refractivity contribution in [1.29, 1.82) is 0 Å². The van der Waals surface area contributed by atoms with Crippen LogP contribution in [0.15, 0.2) is 60.8 Å². The quantitative estimate of drug-likeness (QED) is 0.697. The average molecular weight is 336 g/mol. The van der Waals surface area contributed by atoms with Gasteiger partial charge in [0.2, 0.25) is 5.91 Å². The van der Waals surface area contributed by atoms with E-state index < -0.39 is 0 Å². The van der Waals surface area contributed by atoms with Crippen molar-refractivity contribution >= 4 is 16.8 Å². The lowest BCUT2D eigenvalue weighted by molar-refractivity contribution is -0.121. The standard InChI is InChI=1S/C21H24N2O2/c1-16-13-23(20-10-6-5-9-19(16)20)14-21(25)22-12-18(15-24)11-17-7-3-2-4-8-17/h2-10,13,18,24H,11-12,14-15H2,1H3,(H,22,25). The Kier molecular flexibility index (Phi) is 5.51. The topological polar surface area (TPSA) is 54.3 Å². The van der Waals surface area contributed by atoms with E-state index in [4.69, 9.17) is 0 Å². The molecule has 0 saturated carbocycles. The second-order valence-corrected chi connectivity index (χ2v) is 6.50. The summed E-state index contributed by atoms with van der Waals surface area (Å²) in [6.07, 6.45) is 2.76. The molecule has 0 radical (unpaired) electrons. The van der Waals surface area contributed by atoms with Crippen molar-refractivity contribution in [2.24, 2.45) is 5.92 Å². The highest BCUT2D eigenvalue weighted by molar-refractivity contribution is 5.85. The van der Waals surface area contributed by atoms with Crippen LogP contribution in [0.4, 0.5) is 0 Å². The molecule has 1 aromatic heterocycles. The van der Waals surface area contributed by atoms with E-state index in [9.17, 15) is 9.90 Å². The molecule has 4 heteroatoms. The predicted octanol–water partition coefficient (Wildman–Crippen LogP) is 2.92. The zero-order valence-electron chi connectivity index (χ0n) is 14.5. The highest BCUT2D eigenvalue weighted by atomic mass is 16.3. The van der Waals surface area contributed by atoms with Crippen molar-refractivity contribution in [2.45, 2.75) is 19.9 Å². The lowest BCUT2D eigenvalue weighted by Crippen LogP contribution is -2.34. The van der Waals surface area contributed by atoms with Crippen LogP contribution in [0.5, 0.6) is 0 Å². The molecular formula is C21H24N2O2. The normalized spacial score (nSPS) is 12.2. The summed E-state index contributed by atoms with van der Waals surface area (Å²) in [5, 5.41) is 13.7. The van der Waals surface area contributed by atoms with E-state index in [-0.39, 0.29) is 25.0 Å². The number of aliphatic hydroxyl groups is 1. The van der Waals surface area contributed by atoms with Crippen LogP contribution in [-0.2, 0) is 17.8 Å². The minimum atomic E-state index is -0.0349. The minimum absolute atomic E-state index is 0.0227. The summed E-state index contributed by atoms with van der Waals surface area (Å²) in [7, 11) is 0. The highest BCUT2D eigenvalue weighted by Crippen LogP contribution is 2.20. The Labute approximate surface area is 148 Å². The second-order valence-electron chi connectivity index (χ2n) is 6.50. The average Bonchev–Trinajstić information content (AvgIpc) is 2.95. The van der Waals surface area contributed by atoms with Gasteiger partial charge in [-0.1, -0.05) is 48.5 Å². The number of fused-ring (bicyclic) bond motifs is 1. The fourth-order valence-corrected chi connectivity index (χ4v) is 3.18. The Morgan fingerprint density at radius 3 is 2.60 bits per heavy atom. The molecule has 3 aromatic rings. The third-order valence-electron chi connectivity index (χ3n) is 4.52. The van der Waals surface area contributed by atoms with Crippen molar-refractivity contribution in [3.05, 3.63) is 71.9 Å². The summed E-state index contributed by atoms with van der Waals surface area (Å²) in [4.78, 5) is 12.3. The van der Waals surface area contributed by atoms with E-state index in [0.717, 1.165) is 11.9 Å². The van der Waals surface area contributed by atoms with E-state index in [1.807, 2.05) is 59.3 Å². The molecule has 0 fully saturated rings. The highest BCUT2D eigenvalue weighted by Gasteiger charge is 2.12. The van der Waals surface area contributed by atoms with E-state index in [0.29, 0.717) is 6.54 Å². The maximum Gasteiger partial charge on any atom is 0.239 e. The number of carbonyl (C=O) groups is 1. The number of nitrogens with one attached hydrogen (secondary N) is 1. The Bertz CT molecular complexity index is 839. The van der Waals surface area contributed by atoms with E-state index in [1.165, 1.54) is 16.5 Å². The number of aliphatic hydroxyl groups excluding tert-OH is 1. The zero-order valence-corrected chi connectivity index (χ0v) is 14.5. The van der Waals surface area contributed by atoms with Crippen LogP contribution < -0.4 is 5.32 Å². The Morgan fingerprint density at radius 2 is 1.84 bits per heavy atom. The second kappa shape index (κ2) is 7.99. The molecule has 0 aliphatic rings. The largest absolute Gasteiger partial charge is 0.396 e. The third-order valence-corrected chi connectivity index (χ3v) is 4.52. The lowest BCUT2D eigenvalue weighted by Gasteiger charge is -2.15. The Morgan fingerprint density at radius 1 is 1.12 bits per heavy atom. The minimum Gasteiger partial charge on any atom is -0.396 e. The predicted molar refractivity (Wildman–Crippen MR) is 100 cm³/mol. The molecule has 1 heterocycles. The fourth-order valence-electron chi connectivity index (χ4n) is 3.18. The Balaban J connectivity index is 1.58. The van der Waals surface area contributed by atoms with Gasteiger partial charge < -0.3 is 15.0 Å². The zero-order chi connectivity index (χ0) is 17.6. The third kappa shape index (κ3) is 4.28. The fraction of sp³-hybridized carbons (Fsp3) is 0.286. The van der Waals surface area contributed by atoms with E-state index in [1.54, 1.807) is 0 Å². The maximum absolute atomic E-state index is 12.3. The van der Waals surface area contributed by atoms with Crippen LogP contribution >= 0.6 is 0 Å². The van der Waals surface area contributed by atoms with Crippen LogP contribution in [0, 0.1) is 12.8 Å². The SMILES string of the molecule is Cc1cn(CC(=O)NCC(CO)Cc2ccccc2)c2ccccc12. The van der Waals surface area contributed by atoms with Gasteiger partial charge in [0.15, 0.2) is 0 Å². The summed E-state index contributed by atoms with van der Waals surface area (Å²) in [6, 6.07) is 18.1. The monoisotopic (exact) mass is 336 g/mol. The van der Waals surface area contributed by atoms with Crippen molar-refractivity contribution < 1.29 is 9.90 Å². The molecule has 2 N–H and O–H groups in total. The van der Waals surface area contributed by atoms with Crippen LogP contribution in [0.2, 0.25) is 0 Å². The first-order valence-electron chi connectivity index (χ1n) is 8.63. The molecule has 0 aliphatic carbocycles. The van der Waals surface area contributed by atoms with Crippen molar-refractivity contribution in [2.75, 3.05) is 13.2 Å². The molecule has 130 valence electrons. The van der Waals surface area contributed by atoms with Gasteiger partial charge in [0, 0.05) is 36.2 Å². The van der Waals surface area contributed by atoms with Crippen LogP contribution in [0.25, 0.3) is 10.9 Å². The van der Waals surface area contributed by atoms with Gasteiger partial charge in [-0.05, 0) is 30.5 Å². The van der Waals surface area contributed by atoms with Gasteiger partial charge in [0.1, 0.15) is 6.54 Å². The number of carbonyl (C=O) groups excluding carboxylic acids is 1. The molecule has 0 aliphatic heterocycles. The van der Waals surface area contributed by atoms with Gasteiger partial charge in [-0.2, -0.15) is 0 Å². The number of rotatable bonds is 7. The molecule has 2 aromatic carbocycles. The van der Waals surface area contributed by atoms with E-state index in [2.05, 4.69) is 18.3 Å². The first-order valence-corrected chi connectivity index (χ1v) is 8.63. The molecular weight excluding hydrogens is 312 g/mol. The summed E-state index contributed by atoms with van der Waals surface area (Å²) in [6.45, 7) is 2.87. The molecule has 1 amide bonds. The molecule has 3 rings (SSSR count). The first kappa shape index (κ1) is 17.2. The number of nitrogens with zero attached hydrogens (tertiary/aromatic N) is 1. The smallest absolute Gasteiger partial charge is 0.239 e. The number of hydrogen-bond acceptors (Lipinski definition) is 2. The molecule has 1 atom stereocenters. The van der Waals surface area contributed by atoms with Gasteiger partial charge in [0.25, 0.3) is 0 Å². The molecule has 0 spiro atoms. The molecule has 1 unspecified atom stereocenters. The maximum atomic E-state index is 12.3. The first-order chi connectivity index (χ1) is 12.2. The summed E-state index contributed by atoms with van der Waals surface area (Å²) in [5.41, 5.74) is 3.40. The van der Waals surface area contributed by atoms with Crippen LogP contribution in [0.1, 0.15) is 11.1 Å². The van der Waals surface area contributed by atoms with Gasteiger partial charge in [-0.3, -0.25) is 4.79 Å². The summed E-state index contributed by atoms with van der Waals surface area (Å²) in [5.74, 6) is -0.0123. The van der Waals surface area contributed by atoms with Gasteiger partial charge in [0.05, 0.1) is 0 Å². The summed E-state index contributed by atoms with van der Waals surface area (Å²) < 4.78 is 1.98. The molecule has 4 nitrogen and oxygen atoms in total. The van der Waals surface area contributed by atoms with E-state index >= 15 is 0 Å². The van der Waals surface area contributed by atoms with Crippen LogP contribution in [-0.4, -0.2) is 28.7 Å². The molecule has 0 bridgehead atoms. The number of para-hydroxylation sites is 1. The number of amides is 1.